The van der Waals surface area contributed by atoms with Crippen molar-refractivity contribution in [3.05, 3.63) is 45.0 Å². The molecule has 0 spiro atoms. The van der Waals surface area contributed by atoms with E-state index in [2.05, 4.69) is 32.2 Å². The number of sulfonamides is 1. The number of hydrogen-bond donors (Lipinski definition) is 3. The Balaban J connectivity index is 1.39. The van der Waals surface area contributed by atoms with Crippen molar-refractivity contribution in [2.75, 3.05) is 56.6 Å². The Morgan fingerprint density at radius 1 is 0.921 bits per heavy atom. The predicted octanol–water partition coefficient (Wildman–Crippen LogP) is 2.98. The number of morpholine rings is 1. The van der Waals surface area contributed by atoms with Gasteiger partial charge in [-0.3, -0.25) is 19.5 Å². The summed E-state index contributed by atoms with van der Waals surface area (Å²) in [6.45, 7) is 7.32. The van der Waals surface area contributed by atoms with Crippen LogP contribution in [0.15, 0.2) is 34.1 Å². The van der Waals surface area contributed by atoms with Crippen molar-refractivity contribution in [1.29, 1.82) is 0 Å². The van der Waals surface area contributed by atoms with Gasteiger partial charge >= 0.3 is 0 Å². The van der Waals surface area contributed by atoms with Crippen LogP contribution in [-0.2, 0) is 14.8 Å². The van der Waals surface area contributed by atoms with E-state index in [0.717, 1.165) is 77.8 Å². The maximum Gasteiger partial charge on any atom is 0.253 e. The van der Waals surface area contributed by atoms with Crippen LogP contribution >= 0.6 is 0 Å². The number of hydrogen-bond acceptors (Lipinski definition) is 9. The fraction of sp³-hybridized carbons (Fsp3) is 0.667. The minimum atomic E-state index is -3.37. The Kier molecular flexibility index (Phi) is 12.7. The largest absolute Gasteiger partial charge is 0.380 e. The molecule has 2 heterocycles. The van der Waals surface area contributed by atoms with E-state index in [0.29, 0.717) is 37.3 Å². The molecule has 1 atom stereocenters. The summed E-state index contributed by atoms with van der Waals surface area (Å²) in [6.07, 6.45) is 10.7. The number of nitrogens with zero attached hydrogens (tertiary/aromatic N) is 2. The lowest BCUT2D eigenvalue weighted by atomic mass is 10.1. The third-order valence-corrected chi connectivity index (χ3v) is 8.95. The lowest BCUT2D eigenvalue weighted by Gasteiger charge is -2.26. The Hall–Kier alpha value is -2.34. The molecule has 0 saturated carbocycles. The highest BCUT2D eigenvalue weighted by Gasteiger charge is 2.24. The second-order valence-corrected chi connectivity index (χ2v) is 12.0. The quantitative estimate of drug-likeness (QED) is 0.179. The van der Waals surface area contributed by atoms with E-state index < -0.39 is 20.9 Å². The van der Waals surface area contributed by atoms with E-state index in [1.165, 1.54) is 0 Å². The van der Waals surface area contributed by atoms with Crippen molar-refractivity contribution in [2.45, 2.75) is 70.0 Å². The van der Waals surface area contributed by atoms with Gasteiger partial charge in [-0.2, -0.15) is 0 Å². The molecule has 1 aliphatic rings. The van der Waals surface area contributed by atoms with Crippen LogP contribution in [0, 0.1) is 0 Å². The number of unbranched alkanes of at least 4 members (excludes halogenated alkanes) is 4. The minimum absolute atomic E-state index is 0.281. The Morgan fingerprint density at radius 2 is 1.61 bits per heavy atom. The van der Waals surface area contributed by atoms with Gasteiger partial charge < -0.3 is 15.4 Å². The molecule has 1 fully saturated rings. The molecule has 212 valence electrons. The molecule has 1 aromatic carbocycles. The van der Waals surface area contributed by atoms with Gasteiger partial charge in [0.05, 0.1) is 18.5 Å². The summed E-state index contributed by atoms with van der Waals surface area (Å²) in [4.78, 5) is 30.2. The van der Waals surface area contributed by atoms with Crippen molar-refractivity contribution in [1.82, 2.24) is 14.6 Å². The summed E-state index contributed by atoms with van der Waals surface area (Å²) in [5, 5.41) is 5.68. The van der Waals surface area contributed by atoms with Crippen molar-refractivity contribution in [3.63, 3.8) is 0 Å². The topological polar surface area (TPSA) is 130 Å². The average Bonchev–Trinajstić information content (AvgIpc) is 2.94. The SMILES string of the molecule is CCCCCC(CCCCCNc1c(Nc2ccncc2)c(=O)c1=O)S(=O)(=O)NCCCN1CCOCC1. The normalized spacial score (nSPS) is 15.5. The van der Waals surface area contributed by atoms with Gasteiger partial charge in [-0.1, -0.05) is 39.0 Å². The molecule has 3 rings (SSSR count). The molecule has 3 N–H and O–H groups in total. The van der Waals surface area contributed by atoms with Crippen LogP contribution in [0.2, 0.25) is 0 Å². The fourth-order valence-corrected chi connectivity index (χ4v) is 6.30. The maximum absolute atomic E-state index is 13.0. The zero-order chi connectivity index (χ0) is 27.2. The van der Waals surface area contributed by atoms with Crippen molar-refractivity contribution < 1.29 is 13.2 Å². The molecule has 1 saturated heterocycles. The van der Waals surface area contributed by atoms with E-state index in [1.807, 2.05) is 0 Å². The standard InChI is InChI=1S/C27H43N5O5S/c1-2-3-5-9-23(38(35,36)30-14-8-17-32-18-20-37-21-19-32)10-6-4-7-13-29-24-25(27(34)26(24)33)31-22-11-15-28-16-12-22/h11-12,15-16,23,29-30H,2-10,13-14,17-21H2,1H3,(H,28,31). The number of ether oxygens (including phenoxy) is 1. The highest BCUT2D eigenvalue weighted by molar-refractivity contribution is 7.90. The zero-order valence-electron chi connectivity index (χ0n) is 22.5. The molecule has 10 nitrogen and oxygen atoms in total. The summed E-state index contributed by atoms with van der Waals surface area (Å²) < 4.78 is 34.3. The summed E-state index contributed by atoms with van der Waals surface area (Å²) in [7, 11) is -3.37. The smallest absolute Gasteiger partial charge is 0.253 e. The third-order valence-electron chi connectivity index (χ3n) is 6.99. The van der Waals surface area contributed by atoms with E-state index in [4.69, 9.17) is 4.74 Å². The molecule has 0 radical (unpaired) electrons. The van der Waals surface area contributed by atoms with Crippen LogP contribution < -0.4 is 26.2 Å². The first kappa shape index (κ1) is 30.2. The summed E-state index contributed by atoms with van der Waals surface area (Å²) in [5.41, 5.74) is 0.251. The van der Waals surface area contributed by atoms with Crippen molar-refractivity contribution in [3.8, 4) is 0 Å². The Bertz CT molecular complexity index is 1130. The Morgan fingerprint density at radius 3 is 2.32 bits per heavy atom. The fourth-order valence-electron chi connectivity index (χ4n) is 4.68. The van der Waals surface area contributed by atoms with Crippen LogP contribution in [0.4, 0.5) is 17.1 Å². The second-order valence-electron chi connectivity index (χ2n) is 9.91. The molecule has 1 aliphatic heterocycles. The molecule has 11 heteroatoms. The van der Waals surface area contributed by atoms with Gasteiger partial charge in [-0.15, -0.1) is 0 Å². The van der Waals surface area contributed by atoms with Crippen LogP contribution in [0.5, 0.6) is 0 Å². The molecule has 1 unspecified atom stereocenters. The summed E-state index contributed by atoms with van der Waals surface area (Å²) >= 11 is 0. The Labute approximate surface area is 226 Å². The second kappa shape index (κ2) is 15.9. The number of nitrogens with one attached hydrogen (secondary N) is 3. The van der Waals surface area contributed by atoms with Gasteiger partial charge in [0.1, 0.15) is 11.4 Å². The first-order valence-electron chi connectivity index (χ1n) is 13.9. The molecule has 38 heavy (non-hydrogen) atoms. The lowest BCUT2D eigenvalue weighted by molar-refractivity contribution is 0.0376. The third kappa shape index (κ3) is 9.44. The number of aromatic nitrogens is 1. The number of pyridine rings is 1. The predicted molar refractivity (Wildman–Crippen MR) is 153 cm³/mol. The zero-order valence-corrected chi connectivity index (χ0v) is 23.4. The molecule has 0 bridgehead atoms. The van der Waals surface area contributed by atoms with Crippen molar-refractivity contribution >= 4 is 27.1 Å². The first-order chi connectivity index (χ1) is 18.4. The average molecular weight is 550 g/mol. The van der Waals surface area contributed by atoms with E-state index in [1.54, 1.807) is 24.5 Å². The van der Waals surface area contributed by atoms with Gasteiger partial charge in [0, 0.05) is 44.3 Å². The van der Waals surface area contributed by atoms with E-state index in [-0.39, 0.29) is 10.9 Å². The van der Waals surface area contributed by atoms with E-state index >= 15 is 0 Å². The monoisotopic (exact) mass is 549 g/mol. The van der Waals surface area contributed by atoms with Crippen LogP contribution in [0.3, 0.4) is 0 Å². The van der Waals surface area contributed by atoms with Gasteiger partial charge in [0.2, 0.25) is 10.0 Å². The van der Waals surface area contributed by atoms with Gasteiger partial charge in [0.15, 0.2) is 0 Å². The van der Waals surface area contributed by atoms with Gasteiger partial charge in [-0.25, -0.2) is 13.1 Å². The van der Waals surface area contributed by atoms with Crippen molar-refractivity contribution in [2.24, 2.45) is 0 Å². The van der Waals surface area contributed by atoms with Gasteiger partial charge in [0.25, 0.3) is 10.9 Å². The first-order valence-corrected chi connectivity index (χ1v) is 15.5. The number of anilines is 3. The molecule has 2 aromatic rings. The molecule has 1 aromatic heterocycles. The van der Waals surface area contributed by atoms with E-state index in [9.17, 15) is 18.0 Å². The molecular formula is C27H43N5O5S. The highest BCUT2D eigenvalue weighted by Crippen LogP contribution is 2.21. The maximum atomic E-state index is 13.0. The van der Waals surface area contributed by atoms with Crippen LogP contribution in [-0.4, -0.2) is 69.5 Å². The molecule has 0 amide bonds. The van der Waals surface area contributed by atoms with Gasteiger partial charge in [-0.05, 0) is 44.4 Å². The van der Waals surface area contributed by atoms with Crippen LogP contribution in [0.25, 0.3) is 0 Å². The highest BCUT2D eigenvalue weighted by atomic mass is 32.2. The number of rotatable bonds is 19. The molecular weight excluding hydrogens is 506 g/mol. The van der Waals surface area contributed by atoms with Crippen LogP contribution in [0.1, 0.15) is 64.7 Å². The summed E-state index contributed by atoms with van der Waals surface area (Å²) in [6, 6.07) is 3.45. The molecule has 0 aliphatic carbocycles. The minimum Gasteiger partial charge on any atom is -0.380 e. The lowest BCUT2D eigenvalue weighted by Crippen LogP contribution is -2.39. The summed E-state index contributed by atoms with van der Waals surface area (Å²) in [5.74, 6) is 0.